The zero-order valence-corrected chi connectivity index (χ0v) is 12.9. The Morgan fingerprint density at radius 3 is 1.81 bits per heavy atom. The molecule has 0 radical (unpaired) electrons. The van der Waals surface area contributed by atoms with Gasteiger partial charge in [0, 0.05) is 0 Å². The Bertz CT molecular complexity index is 508. The van der Waals surface area contributed by atoms with Gasteiger partial charge in [0.05, 0.1) is 6.10 Å². The summed E-state index contributed by atoms with van der Waals surface area (Å²) >= 11 is 0. The molecule has 0 saturated heterocycles. The lowest BCUT2D eigenvalue weighted by atomic mass is 9.32. The highest BCUT2D eigenvalue weighted by Crippen LogP contribution is 2.80. The Kier molecular flexibility index (Phi) is 1.86. The molecule has 13 atom stereocenters. The fraction of sp³-hybridized carbons (Fsp3) is 1.00. The van der Waals surface area contributed by atoms with Crippen LogP contribution in [-0.4, -0.2) is 11.2 Å². The van der Waals surface area contributed by atoms with Crippen molar-refractivity contribution in [2.75, 3.05) is 0 Å². The van der Waals surface area contributed by atoms with E-state index in [0.717, 1.165) is 47.8 Å². The van der Waals surface area contributed by atoms with Crippen LogP contribution in [0.4, 0.5) is 0 Å². The summed E-state index contributed by atoms with van der Waals surface area (Å²) < 4.78 is 0. The second kappa shape index (κ2) is 3.40. The second-order valence-corrected chi connectivity index (χ2v) is 10.1. The van der Waals surface area contributed by atoms with Crippen LogP contribution in [0.1, 0.15) is 44.9 Å². The third-order valence-corrected chi connectivity index (χ3v) is 10.4. The first-order chi connectivity index (χ1) is 10.3. The number of rotatable bonds is 1. The molecule has 8 fully saturated rings. The maximum Gasteiger partial charge on any atom is 0.0573 e. The van der Waals surface area contributed by atoms with Crippen molar-refractivity contribution >= 4 is 0 Å². The first-order valence-corrected chi connectivity index (χ1v) is 10.0. The van der Waals surface area contributed by atoms with Gasteiger partial charge in [0.1, 0.15) is 0 Å². The van der Waals surface area contributed by atoms with E-state index in [-0.39, 0.29) is 6.10 Å². The van der Waals surface area contributed by atoms with Crippen LogP contribution in [0.5, 0.6) is 0 Å². The highest BCUT2D eigenvalue weighted by atomic mass is 16.3. The summed E-state index contributed by atoms with van der Waals surface area (Å²) in [6.07, 6.45) is 10.4. The Hall–Kier alpha value is -0.0400. The standard InChI is InChI=1S/C20H28O/c21-16-4-1-8-5-11(17(8)16)13-7-15-14-6-12-9-2-3-10(9)18(12)20(15)19(13)14/h8-21H,1-7H2. The minimum atomic E-state index is 0.0823. The van der Waals surface area contributed by atoms with E-state index in [1.54, 1.807) is 25.7 Å². The highest BCUT2D eigenvalue weighted by Gasteiger charge is 2.74. The van der Waals surface area contributed by atoms with E-state index in [0.29, 0.717) is 0 Å². The van der Waals surface area contributed by atoms with Crippen LogP contribution in [0.15, 0.2) is 0 Å². The van der Waals surface area contributed by atoms with Gasteiger partial charge in [-0.25, -0.2) is 0 Å². The molecule has 4 bridgehead atoms. The van der Waals surface area contributed by atoms with Gasteiger partial charge in [-0.2, -0.15) is 0 Å². The van der Waals surface area contributed by atoms with Crippen LogP contribution in [0.25, 0.3) is 0 Å². The maximum absolute atomic E-state index is 10.3. The molecule has 0 spiro atoms. The van der Waals surface area contributed by atoms with Crippen LogP contribution in [-0.2, 0) is 0 Å². The van der Waals surface area contributed by atoms with Crippen LogP contribution in [0, 0.1) is 71.0 Å². The first kappa shape index (κ1) is 11.5. The first-order valence-electron chi connectivity index (χ1n) is 10.0. The Morgan fingerprint density at radius 2 is 1.10 bits per heavy atom. The van der Waals surface area contributed by atoms with Crippen LogP contribution in [0.2, 0.25) is 0 Å². The Labute approximate surface area is 127 Å². The summed E-state index contributed by atoms with van der Waals surface area (Å²) in [5, 5.41) is 10.3. The van der Waals surface area contributed by atoms with E-state index in [9.17, 15) is 5.11 Å². The monoisotopic (exact) mass is 284 g/mol. The molecule has 13 unspecified atom stereocenters. The van der Waals surface area contributed by atoms with Gasteiger partial charge in [-0.05, 0) is 116 Å². The average molecular weight is 284 g/mol. The molecule has 1 heteroatoms. The summed E-state index contributed by atoms with van der Waals surface area (Å²) in [7, 11) is 0. The normalized spacial score (nSPS) is 75.0. The van der Waals surface area contributed by atoms with Gasteiger partial charge in [-0.3, -0.25) is 0 Å². The lowest BCUT2D eigenvalue weighted by Crippen LogP contribution is -2.67. The molecule has 114 valence electrons. The molecule has 0 aromatic rings. The number of hydrogen-bond acceptors (Lipinski definition) is 1. The number of hydrogen-bond donors (Lipinski definition) is 1. The smallest absolute Gasteiger partial charge is 0.0573 e. The Morgan fingerprint density at radius 1 is 0.476 bits per heavy atom. The lowest BCUT2D eigenvalue weighted by Gasteiger charge is -2.72. The zero-order chi connectivity index (χ0) is 13.5. The highest BCUT2D eigenvalue weighted by molar-refractivity contribution is 5.22. The molecular formula is C20H28O. The second-order valence-electron chi connectivity index (χ2n) is 10.1. The third kappa shape index (κ3) is 1.06. The van der Waals surface area contributed by atoms with E-state index in [1.807, 2.05) is 0 Å². The molecule has 0 aromatic carbocycles. The molecule has 8 rings (SSSR count). The summed E-state index contributed by atoms with van der Waals surface area (Å²) in [6.45, 7) is 0. The Balaban J connectivity index is 1.17. The minimum Gasteiger partial charge on any atom is -0.393 e. The summed E-state index contributed by atoms with van der Waals surface area (Å²) in [5.74, 6) is 13.1. The number of fused-ring (bicyclic) bond motifs is 6. The topological polar surface area (TPSA) is 20.2 Å². The molecule has 21 heavy (non-hydrogen) atoms. The molecular weight excluding hydrogens is 256 g/mol. The van der Waals surface area contributed by atoms with Gasteiger partial charge in [0.25, 0.3) is 0 Å². The van der Waals surface area contributed by atoms with Crippen LogP contribution < -0.4 is 0 Å². The molecule has 0 aliphatic heterocycles. The summed E-state index contributed by atoms with van der Waals surface area (Å²) in [5.41, 5.74) is 0. The molecule has 0 aromatic heterocycles. The van der Waals surface area contributed by atoms with Gasteiger partial charge in [0.15, 0.2) is 0 Å². The summed E-state index contributed by atoms with van der Waals surface area (Å²) in [6, 6.07) is 0. The lowest BCUT2D eigenvalue weighted by molar-refractivity contribution is -0.244. The van der Waals surface area contributed by atoms with Crippen molar-refractivity contribution in [3.63, 3.8) is 0 Å². The molecule has 8 saturated carbocycles. The van der Waals surface area contributed by atoms with Gasteiger partial charge in [0.2, 0.25) is 0 Å². The van der Waals surface area contributed by atoms with Crippen molar-refractivity contribution in [2.45, 2.75) is 51.0 Å². The van der Waals surface area contributed by atoms with Crippen LogP contribution >= 0.6 is 0 Å². The maximum atomic E-state index is 10.3. The minimum absolute atomic E-state index is 0.0823. The predicted octanol–water partition coefficient (Wildman–Crippen LogP) is 3.57. The van der Waals surface area contributed by atoms with Crippen LogP contribution in [0.3, 0.4) is 0 Å². The van der Waals surface area contributed by atoms with Crippen molar-refractivity contribution in [1.29, 1.82) is 0 Å². The van der Waals surface area contributed by atoms with E-state index in [1.165, 1.54) is 42.4 Å². The SMILES string of the molecule is OC1CCC2CC(C3CC4C5CC6C7CCC7C6C4C35)C12. The molecule has 8 aliphatic carbocycles. The molecule has 0 heterocycles. The largest absolute Gasteiger partial charge is 0.393 e. The van der Waals surface area contributed by atoms with E-state index in [4.69, 9.17) is 0 Å². The van der Waals surface area contributed by atoms with Crippen molar-refractivity contribution in [3.8, 4) is 0 Å². The molecule has 1 nitrogen and oxygen atoms in total. The van der Waals surface area contributed by atoms with Gasteiger partial charge >= 0.3 is 0 Å². The van der Waals surface area contributed by atoms with Crippen molar-refractivity contribution in [3.05, 3.63) is 0 Å². The number of aliphatic hydroxyl groups is 1. The van der Waals surface area contributed by atoms with Gasteiger partial charge in [-0.15, -0.1) is 0 Å². The zero-order valence-electron chi connectivity index (χ0n) is 12.9. The van der Waals surface area contributed by atoms with Crippen molar-refractivity contribution in [1.82, 2.24) is 0 Å². The van der Waals surface area contributed by atoms with E-state index in [2.05, 4.69) is 0 Å². The van der Waals surface area contributed by atoms with Gasteiger partial charge < -0.3 is 5.11 Å². The quantitative estimate of drug-likeness (QED) is 0.780. The van der Waals surface area contributed by atoms with E-state index < -0.39 is 0 Å². The number of aliphatic hydroxyl groups excluding tert-OH is 1. The summed E-state index contributed by atoms with van der Waals surface area (Å²) in [4.78, 5) is 0. The third-order valence-electron chi connectivity index (χ3n) is 10.4. The van der Waals surface area contributed by atoms with Gasteiger partial charge in [-0.1, -0.05) is 0 Å². The fourth-order valence-corrected chi connectivity index (χ4v) is 9.74. The molecule has 8 aliphatic rings. The average Bonchev–Trinajstić information content (AvgIpc) is 3.02. The molecule has 1 N–H and O–H groups in total. The van der Waals surface area contributed by atoms with Crippen molar-refractivity contribution in [2.24, 2.45) is 71.0 Å². The molecule has 0 amide bonds. The fourth-order valence-electron chi connectivity index (χ4n) is 9.74. The van der Waals surface area contributed by atoms with E-state index >= 15 is 0 Å². The van der Waals surface area contributed by atoms with Crippen molar-refractivity contribution < 1.29 is 5.11 Å². The predicted molar refractivity (Wildman–Crippen MR) is 80.2 cm³/mol.